The van der Waals surface area contributed by atoms with Gasteiger partial charge >= 0.3 is 0 Å². The summed E-state index contributed by atoms with van der Waals surface area (Å²) in [4.78, 5) is 20.0. The Kier molecular flexibility index (Phi) is 5.24. The first-order chi connectivity index (χ1) is 13.9. The van der Waals surface area contributed by atoms with Gasteiger partial charge in [-0.15, -0.1) is 10.2 Å². The van der Waals surface area contributed by atoms with Crippen LogP contribution in [0.2, 0.25) is 0 Å². The summed E-state index contributed by atoms with van der Waals surface area (Å²) in [5.41, 5.74) is 2.80. The number of para-hydroxylation sites is 1. The Balaban J connectivity index is 1.70. The minimum Gasteiger partial charge on any atom is -0.309 e. The molecule has 0 aliphatic carbocycles. The van der Waals surface area contributed by atoms with Crippen molar-refractivity contribution in [3.05, 3.63) is 70.3 Å². The van der Waals surface area contributed by atoms with Crippen LogP contribution in [0.4, 0.5) is 0 Å². The van der Waals surface area contributed by atoms with Gasteiger partial charge in [0.15, 0.2) is 11.0 Å². The quantitative estimate of drug-likeness (QED) is 0.477. The molecule has 2 aromatic heterocycles. The molecule has 0 radical (unpaired) electrons. The zero-order valence-corrected chi connectivity index (χ0v) is 17.7. The molecular formula is C22H23N5OS. The Bertz CT molecular complexity index is 1230. The molecule has 2 aromatic carbocycles. The summed E-state index contributed by atoms with van der Waals surface area (Å²) >= 11 is 1.55. The van der Waals surface area contributed by atoms with Gasteiger partial charge in [-0.05, 0) is 45.9 Å². The highest BCUT2D eigenvalue weighted by Crippen LogP contribution is 2.35. The minimum absolute atomic E-state index is 0.0839. The fourth-order valence-corrected chi connectivity index (χ4v) is 4.35. The molecule has 6 nitrogen and oxygen atoms in total. The number of thioether (sulfide) groups is 1. The van der Waals surface area contributed by atoms with E-state index in [1.165, 1.54) is 5.56 Å². The molecule has 29 heavy (non-hydrogen) atoms. The first-order valence-corrected chi connectivity index (χ1v) is 10.5. The highest BCUT2D eigenvalue weighted by atomic mass is 32.2. The number of benzene rings is 2. The Morgan fingerprint density at radius 1 is 1.03 bits per heavy atom. The second-order valence-corrected chi connectivity index (χ2v) is 8.68. The van der Waals surface area contributed by atoms with Crippen molar-refractivity contribution in [1.29, 1.82) is 0 Å². The third kappa shape index (κ3) is 3.82. The van der Waals surface area contributed by atoms with E-state index in [4.69, 9.17) is 0 Å². The van der Waals surface area contributed by atoms with Gasteiger partial charge in [-0.2, -0.15) is 0 Å². The van der Waals surface area contributed by atoms with Crippen LogP contribution >= 0.6 is 11.8 Å². The molecule has 0 aliphatic heterocycles. The van der Waals surface area contributed by atoms with Crippen molar-refractivity contribution in [2.24, 2.45) is 0 Å². The Labute approximate surface area is 173 Å². The predicted molar refractivity (Wildman–Crippen MR) is 117 cm³/mol. The summed E-state index contributed by atoms with van der Waals surface area (Å²) < 4.78 is 2.13. The zero-order valence-electron chi connectivity index (χ0n) is 16.9. The number of H-pyrrole nitrogens is 1. The van der Waals surface area contributed by atoms with Crippen LogP contribution in [0.3, 0.4) is 0 Å². The molecule has 4 rings (SSSR count). The molecule has 0 bridgehead atoms. The molecule has 0 spiro atoms. The van der Waals surface area contributed by atoms with E-state index >= 15 is 0 Å². The summed E-state index contributed by atoms with van der Waals surface area (Å²) in [5.74, 6) is 1.48. The molecule has 4 aromatic rings. The molecule has 0 aliphatic rings. The van der Waals surface area contributed by atoms with Gasteiger partial charge in [0.2, 0.25) is 0 Å². The van der Waals surface area contributed by atoms with Gasteiger partial charge < -0.3 is 4.98 Å². The second-order valence-electron chi connectivity index (χ2n) is 7.37. The summed E-state index contributed by atoms with van der Waals surface area (Å²) in [6, 6.07) is 15.8. The van der Waals surface area contributed by atoms with Crippen LogP contribution in [0.1, 0.15) is 43.5 Å². The number of aromatic nitrogens is 5. The first-order valence-electron chi connectivity index (χ1n) is 9.61. The fourth-order valence-electron chi connectivity index (χ4n) is 3.31. The summed E-state index contributed by atoms with van der Waals surface area (Å²) in [7, 11) is 0. The Morgan fingerprint density at radius 3 is 2.59 bits per heavy atom. The van der Waals surface area contributed by atoms with Crippen LogP contribution in [-0.4, -0.2) is 24.7 Å². The van der Waals surface area contributed by atoms with E-state index in [1.54, 1.807) is 17.8 Å². The van der Waals surface area contributed by atoms with Gasteiger partial charge in [-0.25, -0.2) is 4.98 Å². The van der Waals surface area contributed by atoms with Crippen LogP contribution in [-0.2, 0) is 0 Å². The smallest absolute Gasteiger partial charge is 0.258 e. The standard InChI is InChI=1S/C22H23N5OS/c1-13(2)27-20(16-9-7-8-14(3)12-16)25-26-22(27)29-15(4)19-23-18-11-6-5-10-17(18)21(28)24-19/h5-13,15H,1-4H3,(H,23,24,28)/t15-/m0/s1. The van der Waals surface area contributed by atoms with E-state index in [2.05, 4.69) is 63.7 Å². The lowest BCUT2D eigenvalue weighted by molar-refractivity contribution is 0.554. The van der Waals surface area contributed by atoms with Gasteiger partial charge in [0.1, 0.15) is 5.82 Å². The Hall–Kier alpha value is -2.93. The molecule has 0 fully saturated rings. The highest BCUT2D eigenvalue weighted by molar-refractivity contribution is 7.99. The highest BCUT2D eigenvalue weighted by Gasteiger charge is 2.21. The van der Waals surface area contributed by atoms with Crippen molar-refractivity contribution < 1.29 is 0 Å². The fraction of sp³-hybridized carbons (Fsp3) is 0.273. The maximum Gasteiger partial charge on any atom is 0.258 e. The molecule has 0 unspecified atom stereocenters. The van der Waals surface area contributed by atoms with Crippen molar-refractivity contribution in [3.63, 3.8) is 0 Å². The van der Waals surface area contributed by atoms with Crippen LogP contribution in [0, 0.1) is 6.92 Å². The van der Waals surface area contributed by atoms with Gasteiger partial charge in [0.25, 0.3) is 5.56 Å². The van der Waals surface area contributed by atoms with Crippen molar-refractivity contribution in [2.75, 3.05) is 0 Å². The average molecular weight is 406 g/mol. The zero-order chi connectivity index (χ0) is 20.5. The number of nitrogens with zero attached hydrogens (tertiary/aromatic N) is 4. The second kappa shape index (κ2) is 7.83. The summed E-state index contributed by atoms with van der Waals surface area (Å²) in [6.45, 7) is 8.32. The van der Waals surface area contributed by atoms with E-state index < -0.39 is 0 Å². The van der Waals surface area contributed by atoms with Crippen molar-refractivity contribution in [3.8, 4) is 11.4 Å². The number of aromatic amines is 1. The van der Waals surface area contributed by atoms with Crippen LogP contribution < -0.4 is 5.56 Å². The lowest BCUT2D eigenvalue weighted by Gasteiger charge is -2.16. The lowest BCUT2D eigenvalue weighted by Crippen LogP contribution is -2.13. The van der Waals surface area contributed by atoms with E-state index in [1.807, 2.05) is 31.2 Å². The SMILES string of the molecule is Cc1cccc(-c2nnc(S[C@@H](C)c3nc4ccccc4c(=O)[nH]3)n2C(C)C)c1. The normalized spacial score (nSPS) is 12.6. The maximum absolute atomic E-state index is 12.4. The van der Waals surface area contributed by atoms with Gasteiger partial charge in [-0.3, -0.25) is 9.36 Å². The molecule has 1 atom stereocenters. The lowest BCUT2D eigenvalue weighted by atomic mass is 10.1. The minimum atomic E-state index is -0.121. The molecule has 0 amide bonds. The first kappa shape index (κ1) is 19.4. The largest absolute Gasteiger partial charge is 0.309 e. The van der Waals surface area contributed by atoms with Gasteiger partial charge in [0.05, 0.1) is 16.2 Å². The summed E-state index contributed by atoms with van der Waals surface area (Å²) in [6.07, 6.45) is 0. The molecule has 0 saturated heterocycles. The molecule has 0 saturated carbocycles. The van der Waals surface area contributed by atoms with Crippen LogP contribution in [0.15, 0.2) is 58.5 Å². The van der Waals surface area contributed by atoms with Crippen LogP contribution in [0.5, 0.6) is 0 Å². The van der Waals surface area contributed by atoms with Crippen LogP contribution in [0.25, 0.3) is 22.3 Å². The van der Waals surface area contributed by atoms with E-state index in [-0.39, 0.29) is 16.9 Å². The molecule has 7 heteroatoms. The molecular weight excluding hydrogens is 382 g/mol. The monoisotopic (exact) mass is 405 g/mol. The van der Waals surface area contributed by atoms with Gasteiger partial charge in [-0.1, -0.05) is 47.7 Å². The Morgan fingerprint density at radius 2 is 1.83 bits per heavy atom. The number of nitrogens with one attached hydrogen (secondary N) is 1. The number of aryl methyl sites for hydroxylation is 1. The molecule has 148 valence electrons. The molecule has 2 heterocycles. The van der Waals surface area contributed by atoms with Crippen molar-refractivity contribution in [1.82, 2.24) is 24.7 Å². The third-order valence-corrected chi connectivity index (χ3v) is 5.82. The van der Waals surface area contributed by atoms with E-state index in [0.29, 0.717) is 16.7 Å². The summed E-state index contributed by atoms with van der Waals surface area (Å²) in [5, 5.41) is 10.2. The number of rotatable bonds is 5. The predicted octanol–water partition coefficient (Wildman–Crippen LogP) is 4.92. The van der Waals surface area contributed by atoms with E-state index in [9.17, 15) is 4.79 Å². The number of hydrogen-bond donors (Lipinski definition) is 1. The number of fused-ring (bicyclic) bond motifs is 1. The topological polar surface area (TPSA) is 76.5 Å². The molecule has 1 N–H and O–H groups in total. The average Bonchev–Trinajstić information content (AvgIpc) is 3.12. The van der Waals surface area contributed by atoms with E-state index in [0.717, 1.165) is 16.5 Å². The van der Waals surface area contributed by atoms with Crippen molar-refractivity contribution in [2.45, 2.75) is 44.1 Å². The maximum atomic E-state index is 12.4. The number of hydrogen-bond acceptors (Lipinski definition) is 5. The third-order valence-electron chi connectivity index (χ3n) is 4.76. The van der Waals surface area contributed by atoms with Gasteiger partial charge in [0, 0.05) is 11.6 Å². The van der Waals surface area contributed by atoms with Crippen molar-refractivity contribution >= 4 is 22.7 Å².